The van der Waals surface area contributed by atoms with Gasteiger partial charge in [-0.3, -0.25) is 39.1 Å². The lowest BCUT2D eigenvalue weighted by Gasteiger charge is -2.32. The first-order valence-electron chi connectivity index (χ1n) is 36.9. The number of amides is 4. The Labute approximate surface area is 637 Å². The summed E-state index contributed by atoms with van der Waals surface area (Å²) in [4.78, 5) is 86.2. The molecule has 15 aromatic rings. The molecule has 0 unspecified atom stereocenters. The van der Waals surface area contributed by atoms with Crippen LogP contribution in [-0.2, 0) is 21.7 Å². The molecule has 4 amide bonds. The summed E-state index contributed by atoms with van der Waals surface area (Å²) >= 11 is 0. The van der Waals surface area contributed by atoms with E-state index in [1.165, 1.54) is 9.80 Å². The quantitative estimate of drug-likeness (QED) is 0.0576. The number of hydrogen-bond acceptors (Lipinski definition) is 12. The molecule has 11 aromatic carbocycles. The van der Waals surface area contributed by atoms with Crippen LogP contribution in [0.2, 0.25) is 0 Å². The third-order valence-corrected chi connectivity index (χ3v) is 21.0. The van der Waals surface area contributed by atoms with Crippen LogP contribution in [0.1, 0.15) is 147 Å². The van der Waals surface area contributed by atoms with Gasteiger partial charge < -0.3 is 18.9 Å². The van der Waals surface area contributed by atoms with Crippen molar-refractivity contribution < 1.29 is 38.1 Å². The van der Waals surface area contributed by atoms with Gasteiger partial charge in [-0.25, -0.2) is 9.80 Å². The van der Waals surface area contributed by atoms with E-state index >= 15 is 19.2 Å². The lowest BCUT2D eigenvalue weighted by Crippen LogP contribution is -2.40. The Morgan fingerprint density at radius 1 is 0.255 bits per heavy atom. The van der Waals surface area contributed by atoms with Gasteiger partial charge >= 0.3 is 0 Å². The maximum atomic E-state index is 16.3. The van der Waals surface area contributed by atoms with Gasteiger partial charge in [0.15, 0.2) is 0 Å². The molecule has 17 rings (SSSR count). The van der Waals surface area contributed by atoms with Crippen molar-refractivity contribution in [3.8, 4) is 91.0 Å². The molecule has 0 aliphatic carbocycles. The summed E-state index contributed by atoms with van der Waals surface area (Å²) in [5, 5.41) is 3.00. The molecule has 110 heavy (non-hydrogen) atoms. The maximum absolute atomic E-state index is 16.3. The summed E-state index contributed by atoms with van der Waals surface area (Å²) in [7, 11) is 0. The number of carbonyl (C=O) groups is 4. The van der Waals surface area contributed by atoms with Crippen molar-refractivity contribution in [2.24, 2.45) is 0 Å². The standard InChI is InChI=1S/C96H78N6O8/c1-93(2,3)59-25-37-65(38-26-59)107-77-49-69-81-70(90(104)101(89(69)103)63-33-19-55(20-34-63)57-23-45-75(99-53-57)73-17-13-15-47-97-73)51-79(109-67-41-29-61(30-42-67)95(7,8)9)85-86-80(110-68-43-31-62(32-44-68)96(10,11)12)52-72-82-71(50-78(84(88(82)86)83(77)87(81)85)108-66-39-27-60(28-40-66)94(4,5)6)91(105)102(92(72)106)64-35-21-56(22-36-64)58-24-46-76(100-54-58)74-18-14-16-48-98-74/h13-54H,1-12H3. The molecule has 0 saturated carbocycles. The van der Waals surface area contributed by atoms with E-state index in [1.807, 2.05) is 182 Å². The number of anilines is 2. The highest BCUT2D eigenvalue weighted by Gasteiger charge is 2.43. The summed E-state index contributed by atoms with van der Waals surface area (Å²) in [5.74, 6) is 0.0748. The molecule has 14 heteroatoms. The first-order valence-corrected chi connectivity index (χ1v) is 36.9. The number of fused-ring (bicyclic) bond motifs is 2. The number of carbonyl (C=O) groups excluding carboxylic acids is 4. The molecule has 0 atom stereocenters. The Morgan fingerprint density at radius 3 is 0.736 bits per heavy atom. The molecular weight excluding hydrogens is 1370 g/mol. The van der Waals surface area contributed by atoms with Crippen LogP contribution in [0.3, 0.4) is 0 Å². The molecule has 2 aliphatic rings. The van der Waals surface area contributed by atoms with Crippen LogP contribution in [0.5, 0.6) is 46.0 Å². The van der Waals surface area contributed by atoms with Gasteiger partial charge in [0, 0.05) is 79.0 Å². The molecule has 6 heterocycles. The van der Waals surface area contributed by atoms with Crippen molar-refractivity contribution in [1.29, 1.82) is 0 Å². The van der Waals surface area contributed by atoms with Crippen molar-refractivity contribution in [3.05, 3.63) is 300 Å². The van der Waals surface area contributed by atoms with E-state index in [9.17, 15) is 0 Å². The second-order valence-corrected chi connectivity index (χ2v) is 32.5. The zero-order valence-electron chi connectivity index (χ0n) is 63.2. The van der Waals surface area contributed by atoms with E-state index in [-0.39, 0.29) is 66.9 Å². The monoisotopic (exact) mass is 1440 g/mol. The molecule has 0 radical (unpaired) electrons. The first kappa shape index (κ1) is 69.8. The van der Waals surface area contributed by atoms with Gasteiger partial charge in [-0.15, -0.1) is 0 Å². The van der Waals surface area contributed by atoms with Crippen LogP contribution in [0, 0.1) is 0 Å². The highest BCUT2D eigenvalue weighted by atomic mass is 16.5. The SMILES string of the molecule is CC(C)(C)c1ccc(Oc2cc3c4c(cc(Oc5ccc(C(C)(C)C)cc5)c5c6c(Oc7ccc(C(C)(C)C)cc7)cc7c8c(cc(Oc9ccc(C(C)(C)C)cc9)c(c2c45)c86)C(=O)N(c2ccc(-c4ccc(-c5ccccn5)nc4)cc2)C7=O)C(=O)N(c2ccc(-c4ccc(-c5ccccn5)nc4)cc2)C3=O)cc1. The maximum Gasteiger partial charge on any atom is 0.266 e. The lowest BCUT2D eigenvalue weighted by molar-refractivity contribution is 0.0877. The van der Waals surface area contributed by atoms with E-state index in [2.05, 4.69) is 93.1 Å². The van der Waals surface area contributed by atoms with Crippen LogP contribution >= 0.6 is 0 Å². The minimum atomic E-state index is -0.616. The molecule has 14 nitrogen and oxygen atoms in total. The summed E-state index contributed by atoms with van der Waals surface area (Å²) in [6, 6.07) is 71.9. The van der Waals surface area contributed by atoms with Crippen molar-refractivity contribution in [1.82, 2.24) is 19.9 Å². The Balaban J connectivity index is 0.949. The summed E-state index contributed by atoms with van der Waals surface area (Å²) < 4.78 is 29.6. The average molecular weight is 1440 g/mol. The van der Waals surface area contributed by atoms with Gasteiger partial charge in [0.1, 0.15) is 46.0 Å². The van der Waals surface area contributed by atoms with Crippen LogP contribution < -0.4 is 28.7 Å². The second-order valence-electron chi connectivity index (χ2n) is 32.5. The zero-order valence-corrected chi connectivity index (χ0v) is 63.2. The number of imide groups is 2. The van der Waals surface area contributed by atoms with Crippen LogP contribution in [0.25, 0.3) is 88.1 Å². The number of aromatic nitrogens is 4. The number of rotatable bonds is 14. The van der Waals surface area contributed by atoms with Crippen LogP contribution in [0.4, 0.5) is 11.4 Å². The number of nitrogens with zero attached hydrogens (tertiary/aromatic N) is 6. The lowest BCUT2D eigenvalue weighted by atomic mass is 9.80. The van der Waals surface area contributed by atoms with Crippen molar-refractivity contribution in [2.45, 2.75) is 105 Å². The average Bonchev–Trinajstić information content (AvgIpc) is 0.670. The van der Waals surface area contributed by atoms with Crippen molar-refractivity contribution in [2.75, 3.05) is 9.80 Å². The largest absolute Gasteiger partial charge is 0.457 e. The number of benzene rings is 11. The van der Waals surface area contributed by atoms with E-state index in [0.717, 1.165) is 55.9 Å². The predicted octanol–water partition coefficient (Wildman–Crippen LogP) is 23.9. The Morgan fingerprint density at radius 2 is 0.509 bits per heavy atom. The molecule has 0 bridgehead atoms. The van der Waals surface area contributed by atoms with Gasteiger partial charge in [-0.05, 0) is 189 Å². The molecule has 4 aromatic heterocycles. The highest BCUT2D eigenvalue weighted by Crippen LogP contribution is 2.59. The Bertz CT molecular complexity index is 5550. The highest BCUT2D eigenvalue weighted by molar-refractivity contribution is 6.48. The predicted molar refractivity (Wildman–Crippen MR) is 437 cm³/mol. The molecule has 0 saturated heterocycles. The van der Waals surface area contributed by atoms with E-state index < -0.39 is 23.6 Å². The molecule has 2 aliphatic heterocycles. The fourth-order valence-corrected chi connectivity index (χ4v) is 15.0. The minimum absolute atomic E-state index is 0.152. The van der Waals surface area contributed by atoms with Crippen molar-refractivity contribution in [3.63, 3.8) is 0 Å². The van der Waals surface area contributed by atoms with Gasteiger partial charge in [-0.1, -0.05) is 180 Å². The Hall–Kier alpha value is -13.2. The summed E-state index contributed by atoms with van der Waals surface area (Å²) in [5.41, 5.74) is 10.7. The number of pyridine rings is 4. The summed E-state index contributed by atoms with van der Waals surface area (Å²) in [6.45, 7) is 25.7. The Kier molecular flexibility index (Phi) is 16.7. The van der Waals surface area contributed by atoms with Gasteiger partial charge in [0.05, 0.1) is 56.4 Å². The number of hydrogen-bond donors (Lipinski definition) is 0. The van der Waals surface area contributed by atoms with Crippen LogP contribution in [-0.4, -0.2) is 43.6 Å². The second kappa shape index (κ2) is 26.3. The van der Waals surface area contributed by atoms with Crippen LogP contribution in [0.15, 0.2) is 255 Å². The molecule has 540 valence electrons. The minimum Gasteiger partial charge on any atom is -0.457 e. The van der Waals surface area contributed by atoms with E-state index in [0.29, 0.717) is 88.9 Å². The smallest absolute Gasteiger partial charge is 0.266 e. The van der Waals surface area contributed by atoms with Gasteiger partial charge in [0.25, 0.3) is 23.6 Å². The van der Waals surface area contributed by atoms with E-state index in [1.54, 1.807) is 73.3 Å². The first-order chi connectivity index (χ1) is 52.7. The molecule has 0 N–H and O–H groups in total. The summed E-state index contributed by atoms with van der Waals surface area (Å²) in [6.07, 6.45) is 7.02. The van der Waals surface area contributed by atoms with Gasteiger partial charge in [-0.2, -0.15) is 0 Å². The molecule has 0 spiro atoms. The third-order valence-electron chi connectivity index (χ3n) is 21.0. The van der Waals surface area contributed by atoms with Crippen molar-refractivity contribution >= 4 is 78.1 Å². The fourth-order valence-electron chi connectivity index (χ4n) is 15.0. The zero-order chi connectivity index (χ0) is 76.4. The number of ether oxygens (including phenoxy) is 4. The van der Waals surface area contributed by atoms with E-state index in [4.69, 9.17) is 28.9 Å². The topological polar surface area (TPSA) is 163 Å². The molecular formula is C96H78N6O8. The normalized spacial score (nSPS) is 13.3. The fraction of sp³-hybridized carbons (Fsp3) is 0.167. The van der Waals surface area contributed by atoms with Gasteiger partial charge in [0.2, 0.25) is 0 Å². The molecule has 0 fully saturated rings. The third kappa shape index (κ3) is 12.5.